The van der Waals surface area contributed by atoms with Gasteiger partial charge in [0, 0.05) is 17.6 Å². The van der Waals surface area contributed by atoms with Crippen LogP contribution in [-0.4, -0.2) is 11.1 Å². The maximum Gasteiger partial charge on any atom is 0.138 e. The van der Waals surface area contributed by atoms with Crippen LogP contribution in [0.25, 0.3) is 0 Å². The number of rotatable bonds is 2. The second kappa shape index (κ2) is 3.96. The number of aromatic hydroxyl groups is 1. The molecule has 13 heavy (non-hydrogen) atoms. The van der Waals surface area contributed by atoms with Gasteiger partial charge in [-0.15, -0.1) is 0 Å². The molecule has 0 bridgehead atoms. The standard InChI is InChI=1S/C9H13ClN2O/c1-5(11)8(12)6-3-2-4-7(10)9(6)13/h2-5,8,13H,11-12H2,1H3. The van der Waals surface area contributed by atoms with E-state index in [0.717, 1.165) is 0 Å². The summed E-state index contributed by atoms with van der Waals surface area (Å²) in [5.41, 5.74) is 12.0. The second-order valence-electron chi connectivity index (χ2n) is 3.06. The van der Waals surface area contributed by atoms with Crippen LogP contribution in [0.1, 0.15) is 18.5 Å². The van der Waals surface area contributed by atoms with Gasteiger partial charge in [0.15, 0.2) is 0 Å². The number of phenols is 1. The number of hydrogen-bond acceptors (Lipinski definition) is 3. The van der Waals surface area contributed by atoms with E-state index in [1.807, 2.05) is 0 Å². The Morgan fingerprint density at radius 2 is 2.00 bits per heavy atom. The van der Waals surface area contributed by atoms with Gasteiger partial charge < -0.3 is 16.6 Å². The van der Waals surface area contributed by atoms with Crippen LogP contribution in [0.2, 0.25) is 5.02 Å². The summed E-state index contributed by atoms with van der Waals surface area (Å²) in [7, 11) is 0. The van der Waals surface area contributed by atoms with Crippen molar-refractivity contribution in [2.24, 2.45) is 11.5 Å². The van der Waals surface area contributed by atoms with Crippen LogP contribution in [0.5, 0.6) is 5.75 Å². The van der Waals surface area contributed by atoms with E-state index >= 15 is 0 Å². The van der Waals surface area contributed by atoms with Gasteiger partial charge in [0.05, 0.1) is 5.02 Å². The van der Waals surface area contributed by atoms with Crippen LogP contribution in [0, 0.1) is 0 Å². The fourth-order valence-electron chi connectivity index (χ4n) is 1.08. The highest BCUT2D eigenvalue weighted by atomic mass is 35.5. The minimum Gasteiger partial charge on any atom is -0.506 e. The van der Waals surface area contributed by atoms with Crippen molar-refractivity contribution in [1.82, 2.24) is 0 Å². The largest absolute Gasteiger partial charge is 0.506 e. The van der Waals surface area contributed by atoms with Gasteiger partial charge >= 0.3 is 0 Å². The minimum atomic E-state index is -0.390. The highest BCUT2D eigenvalue weighted by Crippen LogP contribution is 2.31. The molecule has 1 aromatic carbocycles. The zero-order valence-electron chi connectivity index (χ0n) is 7.37. The molecule has 0 aromatic heterocycles. The van der Waals surface area contributed by atoms with Crippen LogP contribution in [0.15, 0.2) is 18.2 Å². The Hall–Kier alpha value is -0.770. The summed E-state index contributed by atoms with van der Waals surface area (Å²) in [5.74, 6) is 0.0222. The van der Waals surface area contributed by atoms with Crippen LogP contribution >= 0.6 is 11.6 Å². The Kier molecular flexibility index (Phi) is 3.14. The summed E-state index contributed by atoms with van der Waals surface area (Å²) in [6.45, 7) is 1.78. The van der Waals surface area contributed by atoms with Crippen molar-refractivity contribution >= 4 is 11.6 Å². The van der Waals surface area contributed by atoms with Gasteiger partial charge in [0.25, 0.3) is 0 Å². The average molecular weight is 201 g/mol. The molecule has 0 amide bonds. The Labute approximate surface area is 82.3 Å². The third-order valence-electron chi connectivity index (χ3n) is 1.94. The van der Waals surface area contributed by atoms with Gasteiger partial charge in [-0.2, -0.15) is 0 Å². The van der Waals surface area contributed by atoms with Crippen LogP contribution in [0.4, 0.5) is 0 Å². The Morgan fingerprint density at radius 1 is 1.38 bits per heavy atom. The van der Waals surface area contributed by atoms with Gasteiger partial charge in [0.1, 0.15) is 5.75 Å². The molecule has 0 radical (unpaired) electrons. The predicted octanol–water partition coefficient (Wildman–Crippen LogP) is 1.39. The van der Waals surface area contributed by atoms with E-state index in [4.69, 9.17) is 23.1 Å². The van der Waals surface area contributed by atoms with Crippen molar-refractivity contribution in [2.75, 3.05) is 0 Å². The fourth-order valence-corrected chi connectivity index (χ4v) is 1.27. The number of hydrogen-bond donors (Lipinski definition) is 3. The lowest BCUT2D eigenvalue weighted by atomic mass is 10.0. The first-order chi connectivity index (χ1) is 6.04. The normalized spacial score (nSPS) is 15.4. The average Bonchev–Trinajstić information content (AvgIpc) is 2.08. The molecule has 0 aliphatic heterocycles. The number of halogens is 1. The van der Waals surface area contributed by atoms with Crippen molar-refractivity contribution < 1.29 is 5.11 Å². The van der Waals surface area contributed by atoms with Crippen molar-refractivity contribution in [3.63, 3.8) is 0 Å². The lowest BCUT2D eigenvalue weighted by molar-refractivity contribution is 0.454. The molecule has 2 atom stereocenters. The number of para-hydroxylation sites is 1. The molecule has 0 aliphatic rings. The van der Waals surface area contributed by atoms with Crippen LogP contribution in [-0.2, 0) is 0 Å². The van der Waals surface area contributed by atoms with E-state index < -0.39 is 6.04 Å². The summed E-state index contributed by atoms with van der Waals surface area (Å²) in [6, 6.07) is 4.45. The molecule has 2 unspecified atom stereocenters. The number of phenolic OH excluding ortho intramolecular Hbond substituents is 1. The van der Waals surface area contributed by atoms with Gasteiger partial charge in [-0.05, 0) is 13.0 Å². The topological polar surface area (TPSA) is 72.3 Å². The van der Waals surface area contributed by atoms with Crippen molar-refractivity contribution in [2.45, 2.75) is 19.0 Å². The molecule has 0 fully saturated rings. The first kappa shape index (κ1) is 10.3. The Morgan fingerprint density at radius 3 is 2.54 bits per heavy atom. The van der Waals surface area contributed by atoms with E-state index in [-0.39, 0.29) is 11.8 Å². The van der Waals surface area contributed by atoms with Crippen molar-refractivity contribution in [3.8, 4) is 5.75 Å². The SMILES string of the molecule is CC(N)C(N)c1cccc(Cl)c1O. The molecule has 1 rings (SSSR count). The third kappa shape index (κ3) is 2.12. The molecule has 0 saturated carbocycles. The summed E-state index contributed by atoms with van der Waals surface area (Å²) in [4.78, 5) is 0. The maximum absolute atomic E-state index is 9.55. The summed E-state index contributed by atoms with van der Waals surface area (Å²) >= 11 is 5.72. The second-order valence-corrected chi connectivity index (χ2v) is 3.47. The third-order valence-corrected chi connectivity index (χ3v) is 2.25. The molecule has 0 spiro atoms. The Bertz CT molecular complexity index is 302. The smallest absolute Gasteiger partial charge is 0.138 e. The summed E-state index contributed by atoms with van der Waals surface area (Å²) in [6.07, 6.45) is 0. The van der Waals surface area contributed by atoms with E-state index in [2.05, 4.69) is 0 Å². The zero-order valence-corrected chi connectivity index (χ0v) is 8.12. The van der Waals surface area contributed by atoms with Crippen molar-refractivity contribution in [1.29, 1.82) is 0 Å². The lowest BCUT2D eigenvalue weighted by Gasteiger charge is -2.17. The molecule has 4 heteroatoms. The number of benzene rings is 1. The van der Waals surface area contributed by atoms with E-state index in [0.29, 0.717) is 10.6 Å². The first-order valence-electron chi connectivity index (χ1n) is 4.02. The first-order valence-corrected chi connectivity index (χ1v) is 4.40. The molecule has 72 valence electrons. The van der Waals surface area contributed by atoms with Gasteiger partial charge in [0.2, 0.25) is 0 Å². The molecule has 3 nitrogen and oxygen atoms in total. The van der Waals surface area contributed by atoms with Gasteiger partial charge in [-0.25, -0.2) is 0 Å². The molecule has 0 saturated heterocycles. The Balaban J connectivity index is 3.07. The lowest BCUT2D eigenvalue weighted by Crippen LogP contribution is -2.31. The predicted molar refractivity (Wildman–Crippen MR) is 53.7 cm³/mol. The monoisotopic (exact) mass is 200 g/mol. The minimum absolute atomic E-state index is 0.0222. The van der Waals surface area contributed by atoms with E-state index in [9.17, 15) is 5.11 Å². The van der Waals surface area contributed by atoms with Gasteiger partial charge in [-0.3, -0.25) is 0 Å². The highest BCUT2D eigenvalue weighted by molar-refractivity contribution is 6.32. The highest BCUT2D eigenvalue weighted by Gasteiger charge is 2.15. The quantitative estimate of drug-likeness (QED) is 0.676. The van der Waals surface area contributed by atoms with Gasteiger partial charge in [-0.1, -0.05) is 23.7 Å². The molecular weight excluding hydrogens is 188 g/mol. The summed E-state index contributed by atoms with van der Waals surface area (Å²) < 4.78 is 0. The zero-order chi connectivity index (χ0) is 10.0. The van der Waals surface area contributed by atoms with E-state index in [1.54, 1.807) is 25.1 Å². The number of nitrogens with two attached hydrogens (primary N) is 2. The maximum atomic E-state index is 9.55. The van der Waals surface area contributed by atoms with Crippen LogP contribution < -0.4 is 11.5 Å². The van der Waals surface area contributed by atoms with E-state index in [1.165, 1.54) is 0 Å². The molecule has 1 aromatic rings. The molecule has 5 N–H and O–H groups in total. The molecular formula is C9H13ClN2O. The summed E-state index contributed by atoms with van der Waals surface area (Å²) in [5, 5.41) is 9.85. The fraction of sp³-hybridized carbons (Fsp3) is 0.333. The molecule has 0 aliphatic carbocycles. The van der Waals surface area contributed by atoms with Crippen molar-refractivity contribution in [3.05, 3.63) is 28.8 Å². The van der Waals surface area contributed by atoms with Crippen LogP contribution in [0.3, 0.4) is 0 Å². The molecule has 0 heterocycles.